The first-order chi connectivity index (χ1) is 10.4. The quantitative estimate of drug-likeness (QED) is 0.494. The molecule has 0 saturated carbocycles. The molecule has 2 aliphatic rings. The van der Waals surface area contributed by atoms with Gasteiger partial charge in [-0.1, -0.05) is 29.4 Å². The summed E-state index contributed by atoms with van der Waals surface area (Å²) in [6.07, 6.45) is 14.3. The molecule has 2 heteroatoms. The van der Waals surface area contributed by atoms with Crippen LogP contribution in [-0.4, -0.2) is 18.0 Å². The van der Waals surface area contributed by atoms with E-state index in [0.29, 0.717) is 5.92 Å². The average Bonchev–Trinajstić information content (AvgIpc) is 2.82. The van der Waals surface area contributed by atoms with E-state index >= 15 is 0 Å². The van der Waals surface area contributed by atoms with E-state index in [1.807, 2.05) is 6.92 Å². The highest BCUT2D eigenvalue weighted by atomic mass is 16.5. The van der Waals surface area contributed by atoms with E-state index < -0.39 is 5.60 Å². The van der Waals surface area contributed by atoms with Crippen molar-refractivity contribution in [3.8, 4) is 0 Å². The van der Waals surface area contributed by atoms with E-state index in [2.05, 4.69) is 39.0 Å². The number of fused-ring (bicyclic) bond motifs is 2. The Morgan fingerprint density at radius 1 is 1.14 bits per heavy atom. The second-order valence-electron chi connectivity index (χ2n) is 7.20. The molecule has 0 aromatic rings. The predicted octanol–water partition coefficient (Wildman–Crippen LogP) is 5.15. The molecule has 0 amide bonds. The van der Waals surface area contributed by atoms with Crippen LogP contribution in [0.5, 0.6) is 0 Å². The van der Waals surface area contributed by atoms with Gasteiger partial charge in [0.15, 0.2) is 6.29 Å². The Morgan fingerprint density at radius 2 is 1.86 bits per heavy atom. The van der Waals surface area contributed by atoms with E-state index in [9.17, 15) is 4.79 Å². The van der Waals surface area contributed by atoms with Crippen molar-refractivity contribution < 1.29 is 9.53 Å². The topological polar surface area (TPSA) is 26.3 Å². The molecule has 2 nitrogen and oxygen atoms in total. The van der Waals surface area contributed by atoms with Crippen LogP contribution < -0.4 is 0 Å². The highest BCUT2D eigenvalue weighted by molar-refractivity contribution is 5.63. The summed E-state index contributed by atoms with van der Waals surface area (Å²) in [6.45, 7) is 8.52. The Labute approximate surface area is 135 Å². The second kappa shape index (κ2) is 7.41. The third-order valence-electron chi connectivity index (χ3n) is 5.27. The number of rotatable bonds is 1. The Balaban J connectivity index is 2.22. The van der Waals surface area contributed by atoms with E-state index in [4.69, 9.17) is 4.74 Å². The van der Waals surface area contributed by atoms with Gasteiger partial charge in [0.1, 0.15) is 5.60 Å². The molecule has 0 radical (unpaired) electrons. The van der Waals surface area contributed by atoms with Crippen LogP contribution in [0.1, 0.15) is 66.2 Å². The van der Waals surface area contributed by atoms with Crippen molar-refractivity contribution >= 4 is 6.29 Å². The molecule has 122 valence electrons. The van der Waals surface area contributed by atoms with E-state index in [0.717, 1.165) is 44.8 Å². The number of carbonyl (C=O) groups excluding carboxylic acids is 1. The summed E-state index contributed by atoms with van der Waals surface area (Å²) in [4.78, 5) is 11.6. The fraction of sp³-hybridized carbons (Fsp3) is 0.650. The number of hydrogen-bond acceptors (Lipinski definition) is 2. The van der Waals surface area contributed by atoms with Crippen molar-refractivity contribution in [1.29, 1.82) is 0 Å². The van der Waals surface area contributed by atoms with Gasteiger partial charge >= 0.3 is 0 Å². The fourth-order valence-electron chi connectivity index (χ4n) is 3.48. The molecule has 0 spiro atoms. The number of hydrogen-bond donors (Lipinski definition) is 0. The minimum absolute atomic E-state index is 0.0983. The van der Waals surface area contributed by atoms with Crippen LogP contribution in [0.15, 0.2) is 34.9 Å². The maximum absolute atomic E-state index is 11.6. The third kappa shape index (κ3) is 4.19. The standard InChI is InChI=1S/C20H30O2/c1-15-7-5-8-16(2)11-12-18-13-19(17(3)10-6-9-15)22-20(18,4)14-21/h8-10,14,18-19H,5-7,11-13H2,1-4H3/b15-9+,16-8+,17-10+/t18?,19-,20+/m1/s1. The van der Waals surface area contributed by atoms with Crippen LogP contribution >= 0.6 is 0 Å². The minimum atomic E-state index is -0.619. The number of allylic oxidation sites excluding steroid dienone is 5. The maximum Gasteiger partial charge on any atom is 0.151 e. The van der Waals surface area contributed by atoms with Gasteiger partial charge in [0, 0.05) is 0 Å². The van der Waals surface area contributed by atoms with Gasteiger partial charge in [0.05, 0.1) is 6.10 Å². The predicted molar refractivity (Wildman–Crippen MR) is 91.8 cm³/mol. The molecule has 2 rings (SSSR count). The first-order valence-corrected chi connectivity index (χ1v) is 8.56. The molecule has 1 saturated heterocycles. The molecule has 22 heavy (non-hydrogen) atoms. The Bertz CT molecular complexity index is 498. The normalized spacial score (nSPS) is 41.4. The molecular formula is C20H30O2. The molecule has 0 N–H and O–H groups in total. The van der Waals surface area contributed by atoms with E-state index in [1.165, 1.54) is 16.7 Å². The molecule has 2 bridgehead atoms. The van der Waals surface area contributed by atoms with Crippen LogP contribution in [0.2, 0.25) is 0 Å². The van der Waals surface area contributed by atoms with Gasteiger partial charge in [-0.2, -0.15) is 0 Å². The lowest BCUT2D eigenvalue weighted by Gasteiger charge is -2.24. The zero-order valence-electron chi connectivity index (χ0n) is 14.5. The van der Waals surface area contributed by atoms with Crippen molar-refractivity contribution in [3.05, 3.63) is 34.9 Å². The first kappa shape index (κ1) is 17.2. The highest BCUT2D eigenvalue weighted by Gasteiger charge is 2.44. The molecule has 1 aliphatic heterocycles. The van der Waals surface area contributed by atoms with Gasteiger partial charge in [0.25, 0.3) is 0 Å². The molecule has 1 heterocycles. The maximum atomic E-state index is 11.6. The van der Waals surface area contributed by atoms with Crippen molar-refractivity contribution in [2.75, 3.05) is 0 Å². The minimum Gasteiger partial charge on any atom is -0.360 e. The number of aldehydes is 1. The van der Waals surface area contributed by atoms with Crippen LogP contribution in [0, 0.1) is 5.92 Å². The monoisotopic (exact) mass is 302 g/mol. The lowest BCUT2D eigenvalue weighted by atomic mass is 9.84. The summed E-state index contributed by atoms with van der Waals surface area (Å²) < 4.78 is 6.14. The average molecular weight is 302 g/mol. The molecular weight excluding hydrogens is 272 g/mol. The Morgan fingerprint density at radius 3 is 2.59 bits per heavy atom. The van der Waals surface area contributed by atoms with Crippen LogP contribution in [0.25, 0.3) is 0 Å². The van der Waals surface area contributed by atoms with Crippen LogP contribution in [-0.2, 0) is 9.53 Å². The summed E-state index contributed by atoms with van der Waals surface area (Å²) in [7, 11) is 0. The summed E-state index contributed by atoms with van der Waals surface area (Å²) in [5.41, 5.74) is 3.54. The molecule has 1 unspecified atom stereocenters. The number of carbonyl (C=O) groups is 1. The zero-order valence-corrected chi connectivity index (χ0v) is 14.5. The van der Waals surface area contributed by atoms with E-state index in [1.54, 1.807) is 0 Å². The second-order valence-corrected chi connectivity index (χ2v) is 7.20. The molecule has 0 aromatic carbocycles. The van der Waals surface area contributed by atoms with Gasteiger partial charge in [0.2, 0.25) is 0 Å². The third-order valence-corrected chi connectivity index (χ3v) is 5.27. The molecule has 0 aromatic heterocycles. The largest absolute Gasteiger partial charge is 0.360 e. The lowest BCUT2D eigenvalue weighted by Crippen LogP contribution is -2.34. The molecule has 3 atom stereocenters. The Hall–Kier alpha value is -1.15. The summed E-state index contributed by atoms with van der Waals surface area (Å²) in [5, 5.41) is 0. The van der Waals surface area contributed by atoms with Gasteiger partial charge < -0.3 is 9.53 Å². The molecule has 1 fully saturated rings. The first-order valence-electron chi connectivity index (χ1n) is 8.56. The van der Waals surface area contributed by atoms with Crippen molar-refractivity contribution in [2.24, 2.45) is 5.92 Å². The van der Waals surface area contributed by atoms with Crippen LogP contribution in [0.4, 0.5) is 0 Å². The summed E-state index contributed by atoms with van der Waals surface area (Å²) in [6, 6.07) is 0. The summed E-state index contributed by atoms with van der Waals surface area (Å²) in [5.74, 6) is 0.321. The van der Waals surface area contributed by atoms with Crippen molar-refractivity contribution in [3.63, 3.8) is 0 Å². The fourth-order valence-corrected chi connectivity index (χ4v) is 3.48. The SMILES string of the molecule is C/C1=C\C/C=C(\C)[C@H]2CC(CC/C(C)=C/CC1)[C@](C)(C=O)O2. The van der Waals surface area contributed by atoms with Crippen molar-refractivity contribution in [1.82, 2.24) is 0 Å². The Kier molecular flexibility index (Phi) is 5.80. The highest BCUT2D eigenvalue weighted by Crippen LogP contribution is 2.40. The van der Waals surface area contributed by atoms with Crippen LogP contribution in [0.3, 0.4) is 0 Å². The van der Waals surface area contributed by atoms with Gasteiger partial charge in [-0.05, 0) is 77.7 Å². The number of ether oxygens (including phenoxy) is 1. The van der Waals surface area contributed by atoms with Crippen molar-refractivity contribution in [2.45, 2.75) is 77.9 Å². The molecule has 1 aliphatic carbocycles. The van der Waals surface area contributed by atoms with Gasteiger partial charge in [-0.15, -0.1) is 0 Å². The van der Waals surface area contributed by atoms with E-state index in [-0.39, 0.29) is 6.10 Å². The smallest absolute Gasteiger partial charge is 0.151 e. The zero-order chi connectivity index (χ0) is 16.2. The lowest BCUT2D eigenvalue weighted by molar-refractivity contribution is -0.129. The summed E-state index contributed by atoms with van der Waals surface area (Å²) >= 11 is 0. The van der Waals surface area contributed by atoms with Gasteiger partial charge in [-0.25, -0.2) is 0 Å². The van der Waals surface area contributed by atoms with Gasteiger partial charge in [-0.3, -0.25) is 0 Å².